The molecular formula is C17H19NOS2. The molecule has 0 unspecified atom stereocenters. The molecule has 1 aromatic carbocycles. The van der Waals surface area contributed by atoms with Crippen molar-refractivity contribution in [1.82, 2.24) is 5.32 Å². The van der Waals surface area contributed by atoms with E-state index in [0.29, 0.717) is 0 Å². The lowest BCUT2D eigenvalue weighted by Crippen LogP contribution is -2.25. The fourth-order valence-corrected chi connectivity index (χ4v) is 4.32. The maximum atomic E-state index is 12.1. The number of carbonyl (C=O) groups excluding carboxylic acids is 1. The molecule has 0 aliphatic heterocycles. The van der Waals surface area contributed by atoms with Crippen LogP contribution in [0.5, 0.6) is 0 Å². The number of thioether (sulfide) groups is 1. The van der Waals surface area contributed by atoms with Crippen LogP contribution in [0.1, 0.15) is 32.8 Å². The van der Waals surface area contributed by atoms with Gasteiger partial charge >= 0.3 is 0 Å². The Kier molecular flexibility index (Phi) is 4.99. The number of carbonyl (C=O) groups is 1. The van der Waals surface area contributed by atoms with Crippen LogP contribution in [0.2, 0.25) is 0 Å². The van der Waals surface area contributed by atoms with Crippen LogP contribution in [0.3, 0.4) is 0 Å². The van der Waals surface area contributed by atoms with E-state index in [1.807, 2.05) is 17.8 Å². The molecule has 21 heavy (non-hydrogen) atoms. The van der Waals surface area contributed by atoms with Crippen molar-refractivity contribution in [3.63, 3.8) is 0 Å². The number of amides is 1. The highest BCUT2D eigenvalue weighted by Crippen LogP contribution is 2.22. The number of aryl methyl sites for hydroxylation is 2. The van der Waals surface area contributed by atoms with Crippen molar-refractivity contribution in [2.24, 2.45) is 0 Å². The molecule has 2 nitrogen and oxygen atoms in total. The topological polar surface area (TPSA) is 29.1 Å². The third kappa shape index (κ3) is 3.89. The van der Waals surface area contributed by atoms with Gasteiger partial charge in [-0.15, -0.1) is 11.3 Å². The molecule has 0 saturated heterocycles. The number of hydrogen-bond donors (Lipinski definition) is 1. The number of nitrogens with one attached hydrogen (secondary N) is 1. The highest BCUT2D eigenvalue weighted by atomic mass is 32.2. The number of benzene rings is 1. The smallest absolute Gasteiger partial charge is 0.251 e. The van der Waals surface area contributed by atoms with E-state index >= 15 is 0 Å². The lowest BCUT2D eigenvalue weighted by atomic mass is 10.1. The van der Waals surface area contributed by atoms with Gasteiger partial charge in [0.25, 0.3) is 5.91 Å². The van der Waals surface area contributed by atoms with Gasteiger partial charge in [0.2, 0.25) is 0 Å². The molecule has 0 spiro atoms. The molecule has 0 atom stereocenters. The Bertz CT molecular complexity index is 607. The first kappa shape index (κ1) is 14.7. The van der Waals surface area contributed by atoms with Gasteiger partial charge in [0, 0.05) is 28.5 Å². The van der Waals surface area contributed by atoms with E-state index in [1.54, 1.807) is 11.3 Å². The summed E-state index contributed by atoms with van der Waals surface area (Å²) in [6, 6.07) is 10.4. The van der Waals surface area contributed by atoms with Gasteiger partial charge in [-0.3, -0.25) is 4.79 Å². The van der Waals surface area contributed by atoms with Crippen LogP contribution in [0.25, 0.3) is 0 Å². The van der Waals surface area contributed by atoms with Crippen molar-refractivity contribution in [1.29, 1.82) is 0 Å². The van der Waals surface area contributed by atoms with Gasteiger partial charge in [-0.2, -0.15) is 11.8 Å². The fraction of sp³-hybridized carbons (Fsp3) is 0.353. The van der Waals surface area contributed by atoms with Crippen molar-refractivity contribution in [2.45, 2.75) is 25.0 Å². The molecule has 1 aromatic heterocycles. The quantitative estimate of drug-likeness (QED) is 0.819. The van der Waals surface area contributed by atoms with Gasteiger partial charge < -0.3 is 5.32 Å². The minimum Gasteiger partial charge on any atom is -0.351 e. The summed E-state index contributed by atoms with van der Waals surface area (Å²) in [6.07, 6.45) is 3.50. The van der Waals surface area contributed by atoms with Crippen molar-refractivity contribution in [2.75, 3.05) is 12.3 Å². The lowest BCUT2D eigenvalue weighted by Gasteiger charge is -2.07. The van der Waals surface area contributed by atoms with Gasteiger partial charge in [0.1, 0.15) is 0 Å². The van der Waals surface area contributed by atoms with E-state index in [1.165, 1.54) is 22.4 Å². The van der Waals surface area contributed by atoms with E-state index in [-0.39, 0.29) is 5.91 Å². The summed E-state index contributed by atoms with van der Waals surface area (Å²) in [5.41, 5.74) is 3.58. The minimum absolute atomic E-state index is 0.0569. The molecule has 2 aromatic rings. The third-order valence-electron chi connectivity index (χ3n) is 3.72. The van der Waals surface area contributed by atoms with E-state index in [9.17, 15) is 4.79 Å². The molecule has 4 heteroatoms. The number of thiophene rings is 1. The minimum atomic E-state index is 0.0569. The molecular weight excluding hydrogens is 298 g/mol. The first-order valence-electron chi connectivity index (χ1n) is 7.33. The first-order valence-corrected chi connectivity index (χ1v) is 9.36. The molecule has 3 rings (SSSR count). The highest BCUT2D eigenvalue weighted by Gasteiger charge is 2.13. The normalized spacial score (nSPS) is 13.1. The maximum absolute atomic E-state index is 12.1. The first-order chi connectivity index (χ1) is 10.3. The van der Waals surface area contributed by atoms with Crippen LogP contribution in [-0.2, 0) is 18.6 Å². The molecule has 110 valence electrons. The van der Waals surface area contributed by atoms with Crippen molar-refractivity contribution >= 4 is 29.0 Å². The Morgan fingerprint density at radius 2 is 2.14 bits per heavy atom. The number of fused-ring (bicyclic) bond motifs is 1. The summed E-state index contributed by atoms with van der Waals surface area (Å²) < 4.78 is 0. The Morgan fingerprint density at radius 3 is 3.00 bits per heavy atom. The van der Waals surface area contributed by atoms with E-state index < -0.39 is 0 Å². The second kappa shape index (κ2) is 7.14. The van der Waals surface area contributed by atoms with Gasteiger partial charge in [-0.25, -0.2) is 0 Å². The van der Waals surface area contributed by atoms with Crippen LogP contribution in [0, 0.1) is 0 Å². The molecule has 1 N–H and O–H groups in total. The lowest BCUT2D eigenvalue weighted by molar-refractivity contribution is 0.0956. The van der Waals surface area contributed by atoms with Crippen LogP contribution in [-0.4, -0.2) is 18.2 Å². The molecule has 1 aliphatic carbocycles. The predicted molar refractivity (Wildman–Crippen MR) is 91.3 cm³/mol. The van der Waals surface area contributed by atoms with Crippen molar-refractivity contribution < 1.29 is 4.79 Å². The molecule has 1 amide bonds. The molecule has 1 heterocycles. The number of rotatable bonds is 6. The van der Waals surface area contributed by atoms with Crippen molar-refractivity contribution in [3.05, 3.63) is 57.3 Å². The molecule has 0 bridgehead atoms. The van der Waals surface area contributed by atoms with Crippen LogP contribution < -0.4 is 5.32 Å². The molecule has 0 saturated carbocycles. The monoisotopic (exact) mass is 317 g/mol. The Labute approximate surface area is 134 Å². The largest absolute Gasteiger partial charge is 0.351 e. The number of hydrogen-bond acceptors (Lipinski definition) is 3. The summed E-state index contributed by atoms with van der Waals surface area (Å²) >= 11 is 3.65. The molecule has 0 fully saturated rings. The average molecular weight is 317 g/mol. The summed E-state index contributed by atoms with van der Waals surface area (Å²) in [5, 5.41) is 5.12. The van der Waals surface area contributed by atoms with Crippen LogP contribution >= 0.6 is 23.1 Å². The van der Waals surface area contributed by atoms with Crippen LogP contribution in [0.4, 0.5) is 0 Å². The van der Waals surface area contributed by atoms with Gasteiger partial charge in [-0.1, -0.05) is 12.1 Å². The Hall–Kier alpha value is -1.26. The zero-order chi connectivity index (χ0) is 14.5. The van der Waals surface area contributed by atoms with Crippen molar-refractivity contribution in [3.8, 4) is 0 Å². The summed E-state index contributed by atoms with van der Waals surface area (Å²) in [7, 11) is 0. The fourth-order valence-electron chi connectivity index (χ4n) is 2.62. The summed E-state index contributed by atoms with van der Waals surface area (Å²) in [5.74, 6) is 2.04. The highest BCUT2D eigenvalue weighted by molar-refractivity contribution is 7.98. The average Bonchev–Trinajstić information content (AvgIpc) is 3.17. The SMILES string of the molecule is O=C(NCCSCc1cccs1)c1ccc2c(c1)CCC2. The summed E-state index contributed by atoms with van der Waals surface area (Å²) in [4.78, 5) is 13.5. The second-order valence-electron chi connectivity index (χ2n) is 5.22. The Morgan fingerprint density at radius 1 is 1.24 bits per heavy atom. The van der Waals surface area contributed by atoms with Gasteiger partial charge in [0.05, 0.1) is 0 Å². The van der Waals surface area contributed by atoms with E-state index in [0.717, 1.165) is 36.5 Å². The van der Waals surface area contributed by atoms with Crippen LogP contribution in [0.15, 0.2) is 35.7 Å². The summed E-state index contributed by atoms with van der Waals surface area (Å²) in [6.45, 7) is 0.728. The predicted octanol–water partition coefficient (Wildman–Crippen LogP) is 3.90. The Balaban J connectivity index is 1.42. The maximum Gasteiger partial charge on any atom is 0.251 e. The molecule has 0 radical (unpaired) electrons. The van der Waals surface area contributed by atoms with Gasteiger partial charge in [-0.05, 0) is 54.0 Å². The third-order valence-corrected chi connectivity index (χ3v) is 5.78. The van der Waals surface area contributed by atoms with E-state index in [2.05, 4.69) is 35.0 Å². The molecule has 1 aliphatic rings. The van der Waals surface area contributed by atoms with Gasteiger partial charge in [0.15, 0.2) is 0 Å². The van der Waals surface area contributed by atoms with E-state index in [4.69, 9.17) is 0 Å². The standard InChI is InChI=1S/C17H19NOS2/c19-17(15-7-6-13-3-1-4-14(13)11-15)18-8-10-20-12-16-5-2-9-21-16/h2,5-7,9,11H,1,3-4,8,10,12H2,(H,18,19). The zero-order valence-electron chi connectivity index (χ0n) is 11.9. The zero-order valence-corrected chi connectivity index (χ0v) is 13.6. The second-order valence-corrected chi connectivity index (χ2v) is 7.36.